The molecule has 4 rings (SSSR count). The molecule has 0 radical (unpaired) electrons. The minimum absolute atomic E-state index is 0.0357. The van der Waals surface area contributed by atoms with Gasteiger partial charge < -0.3 is 21.2 Å². The van der Waals surface area contributed by atoms with E-state index in [4.69, 9.17) is 16.3 Å². The van der Waals surface area contributed by atoms with Gasteiger partial charge in [0.1, 0.15) is 10.6 Å². The predicted molar refractivity (Wildman–Crippen MR) is 114 cm³/mol. The summed E-state index contributed by atoms with van der Waals surface area (Å²) in [5, 5.41) is 4.93. The molecule has 29 heavy (non-hydrogen) atoms. The van der Waals surface area contributed by atoms with Gasteiger partial charge in [-0.1, -0.05) is 48.3 Å². The van der Waals surface area contributed by atoms with E-state index in [1.165, 1.54) is 0 Å². The lowest BCUT2D eigenvalue weighted by molar-refractivity contribution is -0.127. The average Bonchev–Trinajstić information content (AvgIpc) is 3.40. The molecule has 2 aromatic rings. The van der Waals surface area contributed by atoms with Crippen LogP contribution in [0.25, 0.3) is 10.6 Å². The number of likely N-dealkylation sites (N-methyl/N-ethyl adjacent to an activating group) is 1. The zero-order valence-corrected chi connectivity index (χ0v) is 17.5. The second-order valence-corrected chi connectivity index (χ2v) is 8.62. The number of aryl methyl sites for hydroxylation is 1. The van der Waals surface area contributed by atoms with Crippen LogP contribution >= 0.6 is 11.3 Å². The van der Waals surface area contributed by atoms with E-state index in [1.807, 2.05) is 37.3 Å². The third kappa shape index (κ3) is 3.27. The monoisotopic (exact) mass is 411 g/mol. The Morgan fingerprint density at radius 1 is 1.31 bits per heavy atom. The minimum Gasteiger partial charge on any atom is -0.399 e. The number of hydrogen-bond donors (Lipinski definition) is 2. The fourth-order valence-corrected chi connectivity index (χ4v) is 5.15. The molecule has 1 aromatic carbocycles. The van der Waals surface area contributed by atoms with Crippen LogP contribution in [0.4, 0.5) is 0 Å². The Labute approximate surface area is 174 Å². The molecule has 2 heterocycles. The first kappa shape index (κ1) is 19.4. The van der Waals surface area contributed by atoms with Crippen molar-refractivity contribution in [1.29, 1.82) is 0 Å². The maximum Gasteiger partial charge on any atom is 0.260 e. The zero-order chi connectivity index (χ0) is 20.6. The molecule has 1 fully saturated rings. The van der Waals surface area contributed by atoms with E-state index < -0.39 is 5.54 Å². The van der Waals surface area contributed by atoms with Crippen molar-refractivity contribution in [3.63, 3.8) is 0 Å². The van der Waals surface area contributed by atoms with Crippen molar-refractivity contribution in [1.82, 2.24) is 9.88 Å². The maximum atomic E-state index is 12.7. The molecule has 1 saturated carbocycles. The van der Waals surface area contributed by atoms with Crippen molar-refractivity contribution in [2.24, 2.45) is 16.6 Å². The summed E-state index contributed by atoms with van der Waals surface area (Å²) in [6, 6.07) is 9.99. The molecule has 1 aliphatic heterocycles. The average molecular weight is 412 g/mol. The summed E-state index contributed by atoms with van der Waals surface area (Å²) in [6.07, 6.45) is 3.82. The molecular formula is C21H25N5O2S. The van der Waals surface area contributed by atoms with Crippen molar-refractivity contribution in [3.8, 4) is 10.6 Å². The van der Waals surface area contributed by atoms with E-state index in [0.29, 0.717) is 5.70 Å². The summed E-state index contributed by atoms with van der Waals surface area (Å²) in [7, 11) is 1.79. The molecule has 0 atom stereocenters. The molecule has 8 heteroatoms. The summed E-state index contributed by atoms with van der Waals surface area (Å²) < 4.78 is 0. The Bertz CT molecular complexity index is 990. The molecule has 0 bridgehead atoms. The Hall–Kier alpha value is -2.87. The Balaban J connectivity index is 1.50. The lowest BCUT2D eigenvalue weighted by Crippen LogP contribution is -2.45. The number of aromatic nitrogens is 1. The fourth-order valence-electron chi connectivity index (χ4n) is 4.18. The predicted octanol–water partition coefficient (Wildman–Crippen LogP) is 2.90. The zero-order valence-electron chi connectivity index (χ0n) is 16.6. The van der Waals surface area contributed by atoms with Crippen LogP contribution in [0.5, 0.6) is 0 Å². The highest BCUT2D eigenvalue weighted by Gasteiger charge is 2.51. The van der Waals surface area contributed by atoms with E-state index in [9.17, 15) is 4.79 Å². The lowest BCUT2D eigenvalue weighted by atomic mass is 9.93. The number of benzene rings is 1. The summed E-state index contributed by atoms with van der Waals surface area (Å²) in [5.74, 6) is -0.150. The van der Waals surface area contributed by atoms with Crippen molar-refractivity contribution < 1.29 is 9.63 Å². The molecular weight excluding hydrogens is 386 g/mol. The van der Waals surface area contributed by atoms with E-state index in [0.717, 1.165) is 46.8 Å². The number of oxime groups is 1. The number of thiazole rings is 1. The van der Waals surface area contributed by atoms with Crippen LogP contribution in [0.3, 0.4) is 0 Å². The van der Waals surface area contributed by atoms with E-state index in [-0.39, 0.29) is 23.9 Å². The third-order valence-electron chi connectivity index (χ3n) is 5.89. The Kier molecular flexibility index (Phi) is 5.04. The number of nitrogens with zero attached hydrogens (tertiary/aromatic N) is 3. The summed E-state index contributed by atoms with van der Waals surface area (Å²) in [5.41, 5.74) is 14.8. The molecule has 0 unspecified atom stereocenters. The fraction of sp³-hybridized carbons (Fsp3) is 0.381. The first-order chi connectivity index (χ1) is 13.9. The van der Waals surface area contributed by atoms with Crippen LogP contribution in [0.1, 0.15) is 36.3 Å². The van der Waals surface area contributed by atoms with Gasteiger partial charge in [0.25, 0.3) is 5.91 Å². The number of nitrogens with two attached hydrogens (primary N) is 2. The first-order valence-electron chi connectivity index (χ1n) is 9.70. The van der Waals surface area contributed by atoms with Crippen LogP contribution in [0.2, 0.25) is 0 Å². The van der Waals surface area contributed by atoms with Gasteiger partial charge in [-0.2, -0.15) is 0 Å². The van der Waals surface area contributed by atoms with Gasteiger partial charge >= 0.3 is 0 Å². The number of amidine groups is 1. The number of carbonyl (C=O) groups excluding carboxylic acids is 1. The second-order valence-electron chi connectivity index (χ2n) is 7.54. The highest BCUT2D eigenvalue weighted by atomic mass is 32.1. The molecule has 7 nitrogen and oxygen atoms in total. The number of carbonyl (C=O) groups is 1. The quantitative estimate of drug-likeness (QED) is 0.447. The second kappa shape index (κ2) is 7.51. The van der Waals surface area contributed by atoms with Crippen LogP contribution in [-0.4, -0.2) is 34.2 Å². The van der Waals surface area contributed by atoms with Gasteiger partial charge in [-0.15, -0.1) is 11.3 Å². The molecule has 1 amide bonds. The molecule has 1 spiro atoms. The van der Waals surface area contributed by atoms with E-state index >= 15 is 0 Å². The van der Waals surface area contributed by atoms with Gasteiger partial charge in [-0.25, -0.2) is 4.98 Å². The normalized spacial score (nSPS) is 18.9. The molecule has 1 aliphatic carbocycles. The van der Waals surface area contributed by atoms with Gasteiger partial charge in [-0.3, -0.25) is 4.79 Å². The van der Waals surface area contributed by atoms with Crippen molar-refractivity contribution in [3.05, 3.63) is 52.2 Å². The third-order valence-corrected chi connectivity index (χ3v) is 7.07. The first-order valence-corrected chi connectivity index (χ1v) is 10.5. The standard InChI is InChI=1S/C21H25N5O2S/c1-13-15(29-19(24-13)14-8-4-3-5-9-14)12-28-25-18(23)16-17(22)21(10-6-7-11-21)26(2)20(16)27/h3-5,8-9H,6-7,10-12,22H2,1-2H3,(H2,23,25). The van der Waals surface area contributed by atoms with Gasteiger partial charge in [0.15, 0.2) is 12.4 Å². The molecule has 2 aliphatic rings. The number of hydrogen-bond acceptors (Lipinski definition) is 6. The topological polar surface area (TPSA) is 107 Å². The van der Waals surface area contributed by atoms with Crippen molar-refractivity contribution in [2.45, 2.75) is 44.8 Å². The van der Waals surface area contributed by atoms with Gasteiger partial charge in [0.2, 0.25) is 0 Å². The van der Waals surface area contributed by atoms with Gasteiger partial charge in [0.05, 0.1) is 21.8 Å². The molecule has 0 saturated heterocycles. The smallest absolute Gasteiger partial charge is 0.260 e. The van der Waals surface area contributed by atoms with Gasteiger partial charge in [-0.05, 0) is 19.8 Å². The summed E-state index contributed by atoms with van der Waals surface area (Å²) >= 11 is 1.56. The maximum absolute atomic E-state index is 12.7. The Morgan fingerprint density at radius 2 is 2.00 bits per heavy atom. The minimum atomic E-state index is -0.411. The lowest BCUT2D eigenvalue weighted by Gasteiger charge is -2.33. The molecule has 1 aromatic heterocycles. The van der Waals surface area contributed by atoms with Crippen LogP contribution in [0.15, 0.2) is 46.8 Å². The Morgan fingerprint density at radius 3 is 2.69 bits per heavy atom. The summed E-state index contributed by atoms with van der Waals surface area (Å²) in [4.78, 5) is 25.5. The summed E-state index contributed by atoms with van der Waals surface area (Å²) in [6.45, 7) is 2.17. The van der Waals surface area contributed by atoms with Gasteiger partial charge in [0, 0.05) is 12.6 Å². The van der Waals surface area contributed by atoms with Crippen molar-refractivity contribution in [2.75, 3.05) is 7.05 Å². The largest absolute Gasteiger partial charge is 0.399 e. The van der Waals surface area contributed by atoms with E-state index in [2.05, 4.69) is 10.1 Å². The SMILES string of the molecule is Cc1nc(-c2ccccc2)sc1CO/N=C(\N)C1=C(N)C2(CCCC2)N(C)C1=O. The number of rotatable bonds is 5. The van der Waals surface area contributed by atoms with E-state index in [1.54, 1.807) is 23.3 Å². The van der Waals surface area contributed by atoms with Crippen LogP contribution in [0, 0.1) is 6.92 Å². The van der Waals surface area contributed by atoms with Crippen LogP contribution < -0.4 is 11.5 Å². The molecule has 152 valence electrons. The highest BCUT2D eigenvalue weighted by Crippen LogP contribution is 2.44. The highest BCUT2D eigenvalue weighted by molar-refractivity contribution is 7.15. The number of amides is 1. The van der Waals surface area contributed by atoms with Crippen LogP contribution in [-0.2, 0) is 16.2 Å². The molecule has 4 N–H and O–H groups in total. The van der Waals surface area contributed by atoms with Crippen molar-refractivity contribution >= 4 is 23.1 Å².